The fourth-order valence-electron chi connectivity index (χ4n) is 2.47. The molecule has 0 heterocycles. The van der Waals surface area contributed by atoms with E-state index in [1.54, 1.807) is 6.07 Å². The quantitative estimate of drug-likeness (QED) is 0.529. The zero-order valence-corrected chi connectivity index (χ0v) is 13.7. The van der Waals surface area contributed by atoms with Crippen molar-refractivity contribution in [3.8, 4) is 0 Å². The molecular formula is C18H12BrClO. The summed E-state index contributed by atoms with van der Waals surface area (Å²) in [5, 5.41) is 2.50. The minimum atomic E-state index is -0.0579. The average Bonchev–Trinajstić information content (AvgIpc) is 2.50. The average molecular weight is 360 g/mol. The third-order valence-electron chi connectivity index (χ3n) is 3.58. The molecule has 0 bridgehead atoms. The van der Waals surface area contributed by atoms with Crippen molar-refractivity contribution in [1.82, 2.24) is 0 Å². The van der Waals surface area contributed by atoms with Crippen molar-refractivity contribution in [2.45, 2.75) is 6.92 Å². The Morgan fingerprint density at radius 2 is 1.62 bits per heavy atom. The number of carbonyl (C=O) groups excluding carboxylic acids is 1. The van der Waals surface area contributed by atoms with Crippen molar-refractivity contribution in [2.24, 2.45) is 0 Å². The Hall–Kier alpha value is -1.64. The second kappa shape index (κ2) is 5.63. The Labute approximate surface area is 136 Å². The highest BCUT2D eigenvalue weighted by atomic mass is 79.9. The maximum atomic E-state index is 12.8. The lowest BCUT2D eigenvalue weighted by Gasteiger charge is -2.10. The van der Waals surface area contributed by atoms with E-state index in [2.05, 4.69) is 15.9 Å². The van der Waals surface area contributed by atoms with E-state index in [-0.39, 0.29) is 5.78 Å². The van der Waals surface area contributed by atoms with Gasteiger partial charge in [-0.2, -0.15) is 0 Å². The van der Waals surface area contributed by atoms with Gasteiger partial charge in [0.15, 0.2) is 5.78 Å². The lowest BCUT2D eigenvalue weighted by atomic mass is 9.95. The van der Waals surface area contributed by atoms with Gasteiger partial charge in [-0.1, -0.05) is 54.1 Å². The SMILES string of the molecule is Cc1ccc(C(=O)c2cccc(Br)c2Cl)c2ccccc12. The summed E-state index contributed by atoms with van der Waals surface area (Å²) in [6, 6.07) is 17.2. The molecule has 0 unspecified atom stereocenters. The Morgan fingerprint density at radius 1 is 0.905 bits per heavy atom. The van der Waals surface area contributed by atoms with Crippen LogP contribution in [0, 0.1) is 6.92 Å². The number of fused-ring (bicyclic) bond motifs is 1. The maximum Gasteiger partial charge on any atom is 0.195 e. The Bertz CT molecular complexity index is 855. The van der Waals surface area contributed by atoms with Crippen LogP contribution in [0.4, 0.5) is 0 Å². The summed E-state index contributed by atoms with van der Waals surface area (Å²) < 4.78 is 0.728. The monoisotopic (exact) mass is 358 g/mol. The molecule has 21 heavy (non-hydrogen) atoms. The summed E-state index contributed by atoms with van der Waals surface area (Å²) in [4.78, 5) is 12.8. The van der Waals surface area contributed by atoms with Crippen LogP contribution in [0.15, 0.2) is 59.1 Å². The molecule has 0 radical (unpaired) electrons. The fourth-order valence-corrected chi connectivity index (χ4v) is 3.05. The number of ketones is 1. The first-order valence-corrected chi connectivity index (χ1v) is 7.74. The van der Waals surface area contributed by atoms with Crippen molar-refractivity contribution < 1.29 is 4.79 Å². The first kappa shape index (κ1) is 14.3. The van der Waals surface area contributed by atoms with E-state index in [1.165, 1.54) is 0 Å². The summed E-state index contributed by atoms with van der Waals surface area (Å²) in [5.74, 6) is -0.0579. The highest BCUT2D eigenvalue weighted by Gasteiger charge is 2.17. The molecule has 0 aliphatic rings. The highest BCUT2D eigenvalue weighted by Crippen LogP contribution is 2.30. The van der Waals surface area contributed by atoms with Crippen molar-refractivity contribution >= 4 is 44.1 Å². The van der Waals surface area contributed by atoms with Gasteiger partial charge in [0.05, 0.1) is 5.02 Å². The second-order valence-electron chi connectivity index (χ2n) is 4.91. The molecule has 0 aromatic heterocycles. The third-order valence-corrected chi connectivity index (χ3v) is 4.88. The van der Waals surface area contributed by atoms with Gasteiger partial charge in [0.25, 0.3) is 0 Å². The number of hydrogen-bond acceptors (Lipinski definition) is 1. The van der Waals surface area contributed by atoms with Crippen LogP contribution in [0.25, 0.3) is 10.8 Å². The van der Waals surface area contributed by atoms with Gasteiger partial charge in [-0.3, -0.25) is 4.79 Å². The minimum Gasteiger partial charge on any atom is -0.289 e. The zero-order chi connectivity index (χ0) is 15.0. The Kier molecular flexibility index (Phi) is 3.83. The van der Waals surface area contributed by atoms with E-state index in [0.29, 0.717) is 16.1 Å². The van der Waals surface area contributed by atoms with Crippen LogP contribution in [0.5, 0.6) is 0 Å². The Morgan fingerprint density at radius 3 is 2.38 bits per heavy atom. The predicted molar refractivity (Wildman–Crippen MR) is 91.3 cm³/mol. The highest BCUT2D eigenvalue weighted by molar-refractivity contribution is 9.10. The minimum absolute atomic E-state index is 0.0579. The molecule has 0 N–H and O–H groups in total. The first-order valence-electron chi connectivity index (χ1n) is 6.56. The molecule has 0 aliphatic carbocycles. The number of carbonyl (C=O) groups is 1. The molecule has 3 aromatic carbocycles. The first-order chi connectivity index (χ1) is 10.1. The van der Waals surface area contributed by atoms with Crippen LogP contribution in [0.1, 0.15) is 21.5 Å². The number of benzene rings is 3. The summed E-state index contributed by atoms with van der Waals surface area (Å²) in [7, 11) is 0. The molecule has 3 rings (SSSR count). The van der Waals surface area contributed by atoms with Crippen LogP contribution in [-0.4, -0.2) is 5.78 Å². The van der Waals surface area contributed by atoms with Gasteiger partial charge in [-0.05, 0) is 51.3 Å². The molecule has 0 aliphatic heterocycles. The molecule has 0 atom stereocenters. The van der Waals surface area contributed by atoms with Crippen LogP contribution < -0.4 is 0 Å². The molecule has 0 amide bonds. The van der Waals surface area contributed by atoms with E-state index in [9.17, 15) is 4.79 Å². The lowest BCUT2D eigenvalue weighted by Crippen LogP contribution is -2.03. The van der Waals surface area contributed by atoms with Crippen LogP contribution in [0.3, 0.4) is 0 Å². The second-order valence-corrected chi connectivity index (χ2v) is 6.14. The third kappa shape index (κ3) is 2.50. The summed E-state index contributed by atoms with van der Waals surface area (Å²) >= 11 is 9.62. The van der Waals surface area contributed by atoms with Crippen LogP contribution >= 0.6 is 27.5 Å². The fraction of sp³-hybridized carbons (Fsp3) is 0.0556. The molecule has 0 spiro atoms. The molecule has 3 aromatic rings. The van der Waals surface area contributed by atoms with Crippen molar-refractivity contribution in [1.29, 1.82) is 0 Å². The molecular weight excluding hydrogens is 348 g/mol. The van der Waals surface area contributed by atoms with E-state index in [4.69, 9.17) is 11.6 Å². The van der Waals surface area contributed by atoms with E-state index in [1.807, 2.05) is 55.5 Å². The zero-order valence-electron chi connectivity index (χ0n) is 11.4. The molecule has 0 fully saturated rings. The number of hydrogen-bond donors (Lipinski definition) is 0. The van der Waals surface area contributed by atoms with Gasteiger partial charge < -0.3 is 0 Å². The molecule has 104 valence electrons. The standard InChI is InChI=1S/C18H12BrClO/c1-11-9-10-14(13-6-3-2-5-12(11)13)18(21)15-7-4-8-16(19)17(15)20/h2-10H,1H3. The molecule has 1 nitrogen and oxygen atoms in total. The van der Waals surface area contributed by atoms with Gasteiger partial charge in [-0.15, -0.1) is 0 Å². The van der Waals surface area contributed by atoms with Gasteiger partial charge in [-0.25, -0.2) is 0 Å². The van der Waals surface area contributed by atoms with Crippen molar-refractivity contribution in [3.63, 3.8) is 0 Å². The Balaban J connectivity index is 2.23. The van der Waals surface area contributed by atoms with Gasteiger partial charge >= 0.3 is 0 Å². The smallest absolute Gasteiger partial charge is 0.195 e. The number of rotatable bonds is 2. The molecule has 0 saturated heterocycles. The van der Waals surface area contributed by atoms with Gasteiger partial charge in [0.2, 0.25) is 0 Å². The molecule has 3 heteroatoms. The summed E-state index contributed by atoms with van der Waals surface area (Å²) in [6.45, 7) is 2.04. The van der Waals surface area contributed by atoms with E-state index < -0.39 is 0 Å². The van der Waals surface area contributed by atoms with Crippen molar-refractivity contribution in [3.05, 3.63) is 80.8 Å². The van der Waals surface area contributed by atoms with Crippen molar-refractivity contribution in [2.75, 3.05) is 0 Å². The molecule has 0 saturated carbocycles. The largest absolute Gasteiger partial charge is 0.289 e. The topological polar surface area (TPSA) is 17.1 Å². The normalized spacial score (nSPS) is 10.8. The van der Waals surface area contributed by atoms with Gasteiger partial charge in [0, 0.05) is 15.6 Å². The summed E-state index contributed by atoms with van der Waals surface area (Å²) in [5.41, 5.74) is 2.35. The summed E-state index contributed by atoms with van der Waals surface area (Å²) in [6.07, 6.45) is 0. The number of halogens is 2. The maximum absolute atomic E-state index is 12.8. The predicted octanol–water partition coefficient (Wildman–Crippen LogP) is 5.80. The number of aryl methyl sites for hydroxylation is 1. The lowest BCUT2D eigenvalue weighted by molar-refractivity contribution is 0.104. The van der Waals surface area contributed by atoms with E-state index in [0.717, 1.165) is 20.8 Å². The van der Waals surface area contributed by atoms with E-state index >= 15 is 0 Å². The van der Waals surface area contributed by atoms with Gasteiger partial charge in [0.1, 0.15) is 0 Å². The van der Waals surface area contributed by atoms with Crippen LogP contribution in [-0.2, 0) is 0 Å². The van der Waals surface area contributed by atoms with Crippen LogP contribution in [0.2, 0.25) is 5.02 Å².